The van der Waals surface area contributed by atoms with Crippen molar-refractivity contribution in [2.75, 3.05) is 6.54 Å². The molecule has 0 saturated carbocycles. The molecule has 0 spiro atoms. The number of aromatic nitrogens is 1. The number of hydrogen-bond donors (Lipinski definition) is 1. The molecule has 7 heteroatoms. The molecule has 2 aromatic rings. The third kappa shape index (κ3) is 3.99. The lowest BCUT2D eigenvalue weighted by molar-refractivity contribution is 0.101. The first kappa shape index (κ1) is 15.4. The predicted octanol–water partition coefficient (Wildman–Crippen LogP) is 1.71. The number of sulfonamides is 1. The second kappa shape index (κ2) is 6.19. The van der Waals surface area contributed by atoms with Gasteiger partial charge in [-0.1, -0.05) is 17.3 Å². The molecule has 1 aromatic carbocycles. The molecule has 0 fully saturated rings. The molecular weight excluding hydrogens is 292 g/mol. The highest BCUT2D eigenvalue weighted by molar-refractivity contribution is 7.89. The molecule has 2 rings (SSSR count). The van der Waals surface area contributed by atoms with Crippen LogP contribution in [-0.4, -0.2) is 25.9 Å². The van der Waals surface area contributed by atoms with Crippen molar-refractivity contribution in [1.82, 2.24) is 9.88 Å². The molecule has 112 valence electrons. The summed E-state index contributed by atoms with van der Waals surface area (Å²) in [6, 6.07) is 7.70. The lowest BCUT2D eigenvalue weighted by Crippen LogP contribution is -2.26. The second-order valence-corrected chi connectivity index (χ2v) is 6.43. The molecular formula is C14H16N2O4S. The van der Waals surface area contributed by atoms with Gasteiger partial charge in [-0.2, -0.15) is 0 Å². The highest BCUT2D eigenvalue weighted by atomic mass is 32.2. The fourth-order valence-corrected chi connectivity index (χ4v) is 2.89. The van der Waals surface area contributed by atoms with Crippen LogP contribution in [0.3, 0.4) is 0 Å². The summed E-state index contributed by atoms with van der Waals surface area (Å²) in [7, 11) is -3.64. The third-order valence-electron chi connectivity index (χ3n) is 2.89. The van der Waals surface area contributed by atoms with Crippen LogP contribution in [0, 0.1) is 6.92 Å². The monoisotopic (exact) mass is 308 g/mol. The largest absolute Gasteiger partial charge is 0.361 e. The van der Waals surface area contributed by atoms with Gasteiger partial charge in [-0.3, -0.25) is 4.79 Å². The molecule has 0 aliphatic rings. The molecule has 0 aliphatic heterocycles. The molecule has 0 amide bonds. The van der Waals surface area contributed by atoms with Crippen molar-refractivity contribution in [3.8, 4) is 0 Å². The lowest BCUT2D eigenvalue weighted by Gasteiger charge is -2.06. The van der Waals surface area contributed by atoms with E-state index < -0.39 is 10.0 Å². The number of carbonyl (C=O) groups excluding carboxylic acids is 1. The Morgan fingerprint density at radius 3 is 2.71 bits per heavy atom. The molecule has 0 aliphatic carbocycles. The van der Waals surface area contributed by atoms with E-state index in [1.54, 1.807) is 25.1 Å². The van der Waals surface area contributed by atoms with Crippen LogP contribution in [0.2, 0.25) is 0 Å². The van der Waals surface area contributed by atoms with Gasteiger partial charge in [0.05, 0.1) is 10.6 Å². The van der Waals surface area contributed by atoms with Crippen LogP contribution in [0.4, 0.5) is 0 Å². The Morgan fingerprint density at radius 2 is 2.10 bits per heavy atom. The summed E-state index contributed by atoms with van der Waals surface area (Å²) >= 11 is 0. The van der Waals surface area contributed by atoms with Gasteiger partial charge in [0, 0.05) is 24.6 Å². The Morgan fingerprint density at radius 1 is 1.33 bits per heavy atom. The maximum atomic E-state index is 12.1. The lowest BCUT2D eigenvalue weighted by atomic mass is 10.2. The fraction of sp³-hybridized carbons (Fsp3) is 0.286. The van der Waals surface area contributed by atoms with Crippen molar-refractivity contribution in [1.29, 1.82) is 0 Å². The normalized spacial score (nSPS) is 11.5. The van der Waals surface area contributed by atoms with Gasteiger partial charge in [0.25, 0.3) is 0 Å². The number of nitrogens with one attached hydrogen (secondary N) is 1. The molecule has 21 heavy (non-hydrogen) atoms. The average molecular weight is 308 g/mol. The number of benzene rings is 1. The van der Waals surface area contributed by atoms with Gasteiger partial charge in [-0.15, -0.1) is 0 Å². The quantitative estimate of drug-likeness (QED) is 0.821. The highest BCUT2D eigenvalue weighted by Gasteiger charge is 2.15. The van der Waals surface area contributed by atoms with Crippen LogP contribution < -0.4 is 4.72 Å². The zero-order valence-electron chi connectivity index (χ0n) is 11.8. The van der Waals surface area contributed by atoms with Crippen LogP contribution in [0.15, 0.2) is 39.8 Å². The molecule has 0 unspecified atom stereocenters. The zero-order valence-corrected chi connectivity index (χ0v) is 12.6. The molecule has 0 bridgehead atoms. The van der Waals surface area contributed by atoms with Gasteiger partial charge >= 0.3 is 0 Å². The summed E-state index contributed by atoms with van der Waals surface area (Å²) in [4.78, 5) is 11.4. The van der Waals surface area contributed by atoms with Gasteiger partial charge in [0.15, 0.2) is 5.78 Å². The summed E-state index contributed by atoms with van der Waals surface area (Å²) in [6.07, 6.45) is 0.409. The zero-order chi connectivity index (χ0) is 15.5. The third-order valence-corrected chi connectivity index (χ3v) is 4.35. The molecule has 0 atom stereocenters. The van der Waals surface area contributed by atoms with E-state index in [9.17, 15) is 13.2 Å². The summed E-state index contributed by atoms with van der Waals surface area (Å²) in [5.41, 5.74) is 1.12. The molecule has 6 nitrogen and oxygen atoms in total. The Hall–Kier alpha value is -1.99. The van der Waals surface area contributed by atoms with Crippen LogP contribution in [0.25, 0.3) is 0 Å². The fourth-order valence-electron chi connectivity index (χ4n) is 1.81. The maximum Gasteiger partial charge on any atom is 0.240 e. The van der Waals surface area contributed by atoms with Gasteiger partial charge in [0.2, 0.25) is 10.0 Å². The number of ketones is 1. The van der Waals surface area contributed by atoms with Crippen LogP contribution in [0.5, 0.6) is 0 Å². The molecule has 0 saturated heterocycles. The average Bonchev–Trinajstić information content (AvgIpc) is 2.84. The van der Waals surface area contributed by atoms with E-state index in [2.05, 4.69) is 9.88 Å². The Kier molecular flexibility index (Phi) is 4.54. The van der Waals surface area contributed by atoms with Gasteiger partial charge in [-0.25, -0.2) is 13.1 Å². The first-order valence-corrected chi connectivity index (χ1v) is 7.89. The van der Waals surface area contributed by atoms with Gasteiger partial charge < -0.3 is 4.52 Å². The summed E-state index contributed by atoms with van der Waals surface area (Å²) in [6.45, 7) is 3.39. The minimum absolute atomic E-state index is 0.0731. The number of hydrogen-bond acceptors (Lipinski definition) is 5. The molecule has 1 aromatic heterocycles. The van der Waals surface area contributed by atoms with Crippen molar-refractivity contribution in [3.05, 3.63) is 47.3 Å². The van der Waals surface area contributed by atoms with E-state index in [1.807, 2.05) is 0 Å². The Balaban J connectivity index is 2.04. The first-order chi connectivity index (χ1) is 9.88. The predicted molar refractivity (Wildman–Crippen MR) is 76.6 cm³/mol. The van der Waals surface area contributed by atoms with E-state index >= 15 is 0 Å². The molecule has 1 heterocycles. The van der Waals surface area contributed by atoms with Crippen molar-refractivity contribution < 1.29 is 17.7 Å². The minimum Gasteiger partial charge on any atom is -0.361 e. The van der Waals surface area contributed by atoms with Gasteiger partial charge in [-0.05, 0) is 26.0 Å². The van der Waals surface area contributed by atoms with E-state index in [-0.39, 0.29) is 17.2 Å². The van der Waals surface area contributed by atoms with E-state index in [4.69, 9.17) is 4.52 Å². The van der Waals surface area contributed by atoms with E-state index in [0.717, 1.165) is 5.69 Å². The van der Waals surface area contributed by atoms with Crippen molar-refractivity contribution in [3.63, 3.8) is 0 Å². The van der Waals surface area contributed by atoms with Crippen molar-refractivity contribution >= 4 is 15.8 Å². The number of aryl methyl sites for hydroxylation is 1. The number of rotatable bonds is 6. The second-order valence-electron chi connectivity index (χ2n) is 4.67. The molecule has 0 radical (unpaired) electrons. The Labute approximate surface area is 123 Å². The number of Topliss-reactive ketones (excluding diaryl/α,β-unsaturated/α-hetero) is 1. The van der Waals surface area contributed by atoms with E-state index in [0.29, 0.717) is 17.7 Å². The van der Waals surface area contributed by atoms with Crippen molar-refractivity contribution in [2.45, 2.75) is 25.2 Å². The highest BCUT2D eigenvalue weighted by Crippen LogP contribution is 2.12. The van der Waals surface area contributed by atoms with Crippen LogP contribution >= 0.6 is 0 Å². The standard InChI is InChI=1S/C14H16N2O4S/c1-10-8-13(20-16-10)6-7-15-21(18,19)14-5-3-4-12(9-14)11(2)17/h3-5,8-9,15H,6-7H2,1-2H3. The number of nitrogens with zero attached hydrogens (tertiary/aromatic N) is 1. The van der Waals surface area contributed by atoms with Crippen molar-refractivity contribution in [2.24, 2.45) is 0 Å². The van der Waals surface area contributed by atoms with Crippen LogP contribution in [0.1, 0.15) is 28.7 Å². The summed E-state index contributed by atoms with van der Waals surface area (Å²) < 4.78 is 31.7. The smallest absolute Gasteiger partial charge is 0.240 e. The molecule has 1 N–H and O–H groups in total. The van der Waals surface area contributed by atoms with E-state index in [1.165, 1.54) is 19.1 Å². The minimum atomic E-state index is -3.64. The SMILES string of the molecule is CC(=O)c1cccc(S(=O)(=O)NCCc2cc(C)no2)c1. The number of carbonyl (C=O) groups is 1. The Bertz CT molecular complexity index is 750. The van der Waals surface area contributed by atoms with Gasteiger partial charge in [0.1, 0.15) is 5.76 Å². The first-order valence-electron chi connectivity index (χ1n) is 6.41. The maximum absolute atomic E-state index is 12.1. The topological polar surface area (TPSA) is 89.3 Å². The summed E-state index contributed by atoms with van der Waals surface area (Å²) in [5.74, 6) is 0.442. The summed E-state index contributed by atoms with van der Waals surface area (Å²) in [5, 5.41) is 3.73. The van der Waals surface area contributed by atoms with Crippen LogP contribution in [-0.2, 0) is 16.4 Å².